The van der Waals surface area contributed by atoms with E-state index >= 15 is 0 Å². The average molecular weight is 389 g/mol. The smallest absolute Gasteiger partial charge is 0.253 e. The lowest BCUT2D eigenvalue weighted by atomic mass is 10.1. The Labute approximate surface area is 172 Å². The Bertz CT molecular complexity index is 887. The molecule has 0 aliphatic carbocycles. The van der Waals surface area contributed by atoms with Crippen LogP contribution in [0.3, 0.4) is 0 Å². The minimum absolute atomic E-state index is 0.0267. The molecule has 1 fully saturated rings. The van der Waals surface area contributed by atoms with Gasteiger partial charge in [0.2, 0.25) is 5.91 Å². The summed E-state index contributed by atoms with van der Waals surface area (Å²) in [5.41, 5.74) is 2.51. The van der Waals surface area contributed by atoms with Crippen LogP contribution in [0.1, 0.15) is 35.3 Å². The minimum Gasteiger partial charge on any atom is -0.353 e. The summed E-state index contributed by atoms with van der Waals surface area (Å²) < 4.78 is 0. The van der Waals surface area contributed by atoms with E-state index in [4.69, 9.17) is 0 Å². The van der Waals surface area contributed by atoms with Crippen molar-refractivity contribution in [3.8, 4) is 11.8 Å². The molecule has 150 valence electrons. The van der Waals surface area contributed by atoms with Crippen molar-refractivity contribution in [3.05, 3.63) is 71.3 Å². The van der Waals surface area contributed by atoms with Gasteiger partial charge in [0, 0.05) is 48.9 Å². The Morgan fingerprint density at radius 2 is 1.48 bits per heavy atom. The maximum atomic E-state index is 12.8. The van der Waals surface area contributed by atoms with E-state index in [0.717, 1.165) is 11.1 Å². The molecule has 0 unspecified atom stereocenters. The fourth-order valence-electron chi connectivity index (χ4n) is 3.22. The number of rotatable bonds is 4. The molecule has 0 bridgehead atoms. The van der Waals surface area contributed by atoms with Crippen LogP contribution in [0.2, 0.25) is 0 Å². The summed E-state index contributed by atoms with van der Waals surface area (Å²) >= 11 is 0. The third kappa shape index (κ3) is 6.20. The van der Waals surface area contributed by atoms with Crippen LogP contribution >= 0.6 is 0 Å². The van der Waals surface area contributed by atoms with Crippen molar-refractivity contribution in [2.24, 2.45) is 0 Å². The summed E-state index contributed by atoms with van der Waals surface area (Å²) in [7, 11) is 0. The number of amides is 2. The Morgan fingerprint density at radius 3 is 2.07 bits per heavy atom. The van der Waals surface area contributed by atoms with Crippen molar-refractivity contribution in [2.45, 2.75) is 19.9 Å². The summed E-state index contributed by atoms with van der Waals surface area (Å²) in [4.78, 5) is 28.6. The van der Waals surface area contributed by atoms with Gasteiger partial charge in [-0.25, -0.2) is 0 Å². The van der Waals surface area contributed by atoms with Gasteiger partial charge in [0.1, 0.15) is 0 Å². The van der Waals surface area contributed by atoms with Crippen LogP contribution in [0.15, 0.2) is 54.6 Å². The van der Waals surface area contributed by atoms with Crippen molar-refractivity contribution >= 4 is 11.8 Å². The largest absolute Gasteiger partial charge is 0.353 e. The minimum atomic E-state index is 0.0267. The molecule has 1 aliphatic heterocycles. The highest BCUT2D eigenvalue weighted by Gasteiger charge is 2.23. The quantitative estimate of drug-likeness (QED) is 0.817. The lowest BCUT2D eigenvalue weighted by Gasteiger charge is -2.34. The number of carbonyl (C=O) groups is 2. The van der Waals surface area contributed by atoms with Gasteiger partial charge in [-0.3, -0.25) is 14.5 Å². The molecule has 1 saturated heterocycles. The van der Waals surface area contributed by atoms with Crippen LogP contribution in [0.4, 0.5) is 0 Å². The van der Waals surface area contributed by atoms with Crippen LogP contribution < -0.4 is 5.32 Å². The summed E-state index contributed by atoms with van der Waals surface area (Å²) in [5, 5.41) is 2.90. The third-order valence-electron chi connectivity index (χ3n) is 4.73. The normalized spacial score (nSPS) is 14.2. The Hall–Kier alpha value is -3.10. The summed E-state index contributed by atoms with van der Waals surface area (Å²) in [6.07, 6.45) is 0. The molecule has 2 aromatic rings. The zero-order valence-corrected chi connectivity index (χ0v) is 17.0. The molecule has 0 aromatic heterocycles. The number of carbonyl (C=O) groups excluding carboxylic acids is 2. The summed E-state index contributed by atoms with van der Waals surface area (Å²) in [5.74, 6) is 6.31. The highest BCUT2D eigenvalue weighted by Crippen LogP contribution is 2.10. The fourth-order valence-corrected chi connectivity index (χ4v) is 3.22. The Balaban J connectivity index is 1.52. The third-order valence-corrected chi connectivity index (χ3v) is 4.73. The average Bonchev–Trinajstić information content (AvgIpc) is 2.73. The van der Waals surface area contributed by atoms with Gasteiger partial charge in [-0.05, 0) is 50.2 Å². The fraction of sp³-hybridized carbons (Fsp3) is 0.333. The topological polar surface area (TPSA) is 52.7 Å². The first-order chi connectivity index (χ1) is 14.0. The van der Waals surface area contributed by atoms with E-state index < -0.39 is 0 Å². The molecule has 2 aromatic carbocycles. The van der Waals surface area contributed by atoms with E-state index in [0.29, 0.717) is 38.3 Å². The van der Waals surface area contributed by atoms with Gasteiger partial charge in [-0.2, -0.15) is 0 Å². The van der Waals surface area contributed by atoms with Crippen LogP contribution in [-0.2, 0) is 4.79 Å². The molecular weight excluding hydrogens is 362 g/mol. The van der Waals surface area contributed by atoms with E-state index in [1.807, 2.05) is 73.3 Å². The summed E-state index contributed by atoms with van der Waals surface area (Å²) in [6.45, 7) is 6.96. The number of hydrogen-bond acceptors (Lipinski definition) is 3. The molecule has 0 saturated carbocycles. The second-order valence-electron chi connectivity index (χ2n) is 7.48. The number of nitrogens with one attached hydrogen (secondary N) is 1. The molecule has 1 aliphatic rings. The predicted octanol–water partition coefficient (Wildman–Crippen LogP) is 2.37. The van der Waals surface area contributed by atoms with E-state index in [-0.39, 0.29) is 17.9 Å². The van der Waals surface area contributed by atoms with E-state index in [2.05, 4.69) is 22.1 Å². The van der Waals surface area contributed by atoms with Crippen LogP contribution in [0, 0.1) is 11.8 Å². The molecule has 0 spiro atoms. The zero-order chi connectivity index (χ0) is 20.6. The van der Waals surface area contributed by atoms with Crippen LogP contribution in [0.25, 0.3) is 0 Å². The van der Waals surface area contributed by atoms with Gasteiger partial charge in [0.05, 0.1) is 6.54 Å². The summed E-state index contributed by atoms with van der Waals surface area (Å²) in [6, 6.07) is 17.4. The molecule has 29 heavy (non-hydrogen) atoms. The molecule has 5 heteroatoms. The molecule has 1 N–H and O–H groups in total. The van der Waals surface area contributed by atoms with Crippen molar-refractivity contribution < 1.29 is 9.59 Å². The van der Waals surface area contributed by atoms with Crippen molar-refractivity contribution in [1.82, 2.24) is 15.1 Å². The molecule has 3 rings (SSSR count). The van der Waals surface area contributed by atoms with E-state index in [9.17, 15) is 9.59 Å². The predicted molar refractivity (Wildman–Crippen MR) is 114 cm³/mol. The van der Waals surface area contributed by atoms with Crippen molar-refractivity contribution in [2.75, 3.05) is 32.7 Å². The van der Waals surface area contributed by atoms with Gasteiger partial charge in [-0.1, -0.05) is 30.0 Å². The van der Waals surface area contributed by atoms with Crippen LogP contribution in [0.5, 0.6) is 0 Å². The SMILES string of the molecule is CC(C)NC(=O)CN1CCN(C(=O)c2ccc(C#Cc3ccccc3)cc2)CC1. The Morgan fingerprint density at radius 1 is 0.897 bits per heavy atom. The maximum Gasteiger partial charge on any atom is 0.253 e. The van der Waals surface area contributed by atoms with Gasteiger partial charge >= 0.3 is 0 Å². The van der Waals surface area contributed by atoms with Gasteiger partial charge < -0.3 is 10.2 Å². The Kier molecular flexibility index (Phi) is 7.04. The lowest BCUT2D eigenvalue weighted by Crippen LogP contribution is -2.51. The molecule has 0 atom stereocenters. The number of benzene rings is 2. The first kappa shape index (κ1) is 20.6. The zero-order valence-electron chi connectivity index (χ0n) is 17.0. The lowest BCUT2D eigenvalue weighted by molar-refractivity contribution is -0.123. The molecule has 1 heterocycles. The number of hydrogen-bond donors (Lipinski definition) is 1. The second-order valence-corrected chi connectivity index (χ2v) is 7.48. The number of nitrogens with zero attached hydrogens (tertiary/aromatic N) is 2. The highest BCUT2D eigenvalue weighted by molar-refractivity contribution is 5.94. The van der Waals surface area contributed by atoms with Crippen molar-refractivity contribution in [1.29, 1.82) is 0 Å². The van der Waals surface area contributed by atoms with Crippen LogP contribution in [-0.4, -0.2) is 60.4 Å². The molecular formula is C24H27N3O2. The molecule has 5 nitrogen and oxygen atoms in total. The first-order valence-corrected chi connectivity index (χ1v) is 9.99. The molecule has 2 amide bonds. The maximum absolute atomic E-state index is 12.8. The molecule has 0 radical (unpaired) electrons. The first-order valence-electron chi connectivity index (χ1n) is 9.99. The van der Waals surface area contributed by atoms with Gasteiger partial charge in [-0.15, -0.1) is 0 Å². The highest BCUT2D eigenvalue weighted by atomic mass is 16.2. The monoisotopic (exact) mass is 389 g/mol. The number of piperazine rings is 1. The van der Waals surface area contributed by atoms with E-state index in [1.54, 1.807) is 0 Å². The van der Waals surface area contributed by atoms with Gasteiger partial charge in [0.25, 0.3) is 5.91 Å². The second kappa shape index (κ2) is 9.90. The van der Waals surface area contributed by atoms with Crippen molar-refractivity contribution in [3.63, 3.8) is 0 Å². The van der Waals surface area contributed by atoms with E-state index in [1.165, 1.54) is 0 Å². The standard InChI is InChI=1S/C24H27N3O2/c1-19(2)25-23(28)18-26-14-16-27(17-15-26)24(29)22-12-10-21(11-13-22)9-8-20-6-4-3-5-7-20/h3-7,10-13,19H,14-18H2,1-2H3,(H,25,28). The van der Waals surface area contributed by atoms with Gasteiger partial charge in [0.15, 0.2) is 0 Å².